The van der Waals surface area contributed by atoms with Gasteiger partial charge < -0.3 is 15.9 Å². The smallest absolute Gasteiger partial charge is 0.287 e. The van der Waals surface area contributed by atoms with Gasteiger partial charge in [0.2, 0.25) is 11.7 Å². The number of amides is 2. The minimum atomic E-state index is -0.906. The first-order chi connectivity index (χ1) is 8.49. The van der Waals surface area contributed by atoms with Gasteiger partial charge in [0, 0.05) is 10.6 Å². The molecule has 2 amide bonds. The van der Waals surface area contributed by atoms with Crippen molar-refractivity contribution >= 4 is 23.4 Å². The number of oxazole rings is 1. The minimum Gasteiger partial charge on any atom is -0.430 e. The molecule has 2 rings (SSSR count). The van der Waals surface area contributed by atoms with Crippen molar-refractivity contribution < 1.29 is 14.0 Å². The molecule has 0 unspecified atom stereocenters. The van der Waals surface area contributed by atoms with E-state index in [0.717, 1.165) is 0 Å². The van der Waals surface area contributed by atoms with E-state index in [-0.39, 0.29) is 17.3 Å². The van der Waals surface area contributed by atoms with Crippen LogP contribution in [0.3, 0.4) is 0 Å². The van der Waals surface area contributed by atoms with E-state index in [1.165, 1.54) is 0 Å². The molecule has 1 heterocycles. The van der Waals surface area contributed by atoms with Gasteiger partial charge in [-0.1, -0.05) is 11.6 Å². The normalized spacial score (nSPS) is 10.3. The molecule has 7 heteroatoms. The van der Waals surface area contributed by atoms with E-state index < -0.39 is 11.8 Å². The Morgan fingerprint density at radius 3 is 2.17 bits per heavy atom. The van der Waals surface area contributed by atoms with Crippen LogP contribution < -0.4 is 11.5 Å². The van der Waals surface area contributed by atoms with E-state index in [1.54, 1.807) is 24.3 Å². The zero-order valence-corrected chi connectivity index (χ0v) is 9.77. The number of aromatic nitrogens is 1. The average molecular weight is 266 g/mol. The summed E-state index contributed by atoms with van der Waals surface area (Å²) in [6, 6.07) is 6.50. The Bertz CT molecular complexity index is 587. The predicted molar refractivity (Wildman–Crippen MR) is 64.0 cm³/mol. The lowest BCUT2D eigenvalue weighted by atomic mass is 10.2. The van der Waals surface area contributed by atoms with Gasteiger partial charge in [-0.2, -0.15) is 0 Å². The summed E-state index contributed by atoms with van der Waals surface area (Å²) in [6.45, 7) is 0. The second kappa shape index (κ2) is 4.50. The maximum atomic E-state index is 11.1. The first kappa shape index (κ1) is 12.1. The number of carbonyl (C=O) groups is 2. The predicted octanol–water partition coefficient (Wildman–Crippen LogP) is 1.19. The van der Waals surface area contributed by atoms with Crippen LogP contribution in [0.4, 0.5) is 0 Å². The van der Waals surface area contributed by atoms with E-state index in [4.69, 9.17) is 27.5 Å². The Hall–Kier alpha value is -2.34. The highest BCUT2D eigenvalue weighted by Crippen LogP contribution is 2.23. The van der Waals surface area contributed by atoms with E-state index in [9.17, 15) is 9.59 Å². The highest BCUT2D eigenvalue weighted by molar-refractivity contribution is 6.30. The van der Waals surface area contributed by atoms with Crippen molar-refractivity contribution in [1.29, 1.82) is 0 Å². The lowest BCUT2D eigenvalue weighted by molar-refractivity contribution is 0.0946. The third kappa shape index (κ3) is 2.18. The summed E-state index contributed by atoms with van der Waals surface area (Å²) in [5.74, 6) is -2.06. The molecule has 0 bridgehead atoms. The molecule has 0 spiro atoms. The van der Waals surface area contributed by atoms with Crippen molar-refractivity contribution in [2.45, 2.75) is 0 Å². The molecule has 0 fully saturated rings. The lowest BCUT2D eigenvalue weighted by Gasteiger charge is -1.94. The van der Waals surface area contributed by atoms with Crippen LogP contribution >= 0.6 is 11.6 Å². The summed E-state index contributed by atoms with van der Waals surface area (Å²) >= 11 is 5.74. The minimum absolute atomic E-state index is 0.0780. The van der Waals surface area contributed by atoms with Gasteiger partial charge in [0.1, 0.15) is 0 Å². The zero-order valence-electron chi connectivity index (χ0n) is 9.01. The number of hydrogen-bond donors (Lipinski definition) is 2. The molecule has 1 aromatic carbocycles. The van der Waals surface area contributed by atoms with Crippen molar-refractivity contribution in [3.63, 3.8) is 0 Å². The second-order valence-corrected chi connectivity index (χ2v) is 3.87. The van der Waals surface area contributed by atoms with Gasteiger partial charge in [-0.3, -0.25) is 9.59 Å². The summed E-state index contributed by atoms with van der Waals surface area (Å²) in [5, 5.41) is 0.538. The highest BCUT2D eigenvalue weighted by Gasteiger charge is 2.22. The van der Waals surface area contributed by atoms with Gasteiger partial charge in [0.05, 0.1) is 0 Å². The van der Waals surface area contributed by atoms with Crippen LogP contribution in [0.15, 0.2) is 28.7 Å². The SMILES string of the molecule is NC(=O)c1nc(-c2ccc(Cl)cc2)oc1C(N)=O. The number of hydrogen-bond acceptors (Lipinski definition) is 4. The molecule has 1 aromatic heterocycles. The monoisotopic (exact) mass is 265 g/mol. The Balaban J connectivity index is 2.53. The third-order valence-corrected chi connectivity index (χ3v) is 2.43. The molecule has 0 aliphatic heterocycles. The van der Waals surface area contributed by atoms with E-state index in [1.807, 2.05) is 0 Å². The third-order valence-electron chi connectivity index (χ3n) is 2.18. The Labute approximate surface area is 107 Å². The number of nitrogens with two attached hydrogens (primary N) is 2. The van der Waals surface area contributed by atoms with Gasteiger partial charge in [0.15, 0.2) is 5.69 Å². The first-order valence-corrected chi connectivity index (χ1v) is 5.23. The maximum Gasteiger partial charge on any atom is 0.287 e. The molecule has 0 radical (unpaired) electrons. The van der Waals surface area contributed by atoms with Crippen LogP contribution in [0.2, 0.25) is 5.02 Å². The highest BCUT2D eigenvalue weighted by atomic mass is 35.5. The van der Waals surface area contributed by atoms with Crippen LogP contribution in [-0.2, 0) is 0 Å². The van der Waals surface area contributed by atoms with Crippen LogP contribution in [0, 0.1) is 0 Å². The standard InChI is InChI=1S/C11H8ClN3O3/c12-6-3-1-5(2-4-6)11-15-7(9(13)16)8(18-11)10(14)17/h1-4H,(H2,13,16)(H2,14,17). The largest absolute Gasteiger partial charge is 0.430 e. The summed E-state index contributed by atoms with van der Waals surface area (Å²) < 4.78 is 5.13. The molecule has 4 N–H and O–H groups in total. The number of nitrogens with zero attached hydrogens (tertiary/aromatic N) is 1. The molecule has 0 saturated carbocycles. The van der Waals surface area contributed by atoms with Gasteiger partial charge in [-0.25, -0.2) is 4.98 Å². The van der Waals surface area contributed by atoms with Gasteiger partial charge in [-0.15, -0.1) is 0 Å². The number of benzene rings is 1. The van der Waals surface area contributed by atoms with Crippen LogP contribution in [0.25, 0.3) is 11.5 Å². The summed E-state index contributed by atoms with van der Waals surface area (Å²) in [6.07, 6.45) is 0. The molecule has 2 aromatic rings. The van der Waals surface area contributed by atoms with Gasteiger partial charge in [0.25, 0.3) is 11.8 Å². The van der Waals surface area contributed by atoms with E-state index in [2.05, 4.69) is 4.98 Å². The van der Waals surface area contributed by atoms with E-state index >= 15 is 0 Å². The lowest BCUT2D eigenvalue weighted by Crippen LogP contribution is -2.19. The molecule has 6 nitrogen and oxygen atoms in total. The van der Waals surface area contributed by atoms with Crippen LogP contribution in [0.5, 0.6) is 0 Å². The molecule has 92 valence electrons. The first-order valence-electron chi connectivity index (χ1n) is 4.85. The second-order valence-electron chi connectivity index (χ2n) is 3.43. The van der Waals surface area contributed by atoms with Gasteiger partial charge in [-0.05, 0) is 24.3 Å². The molecule has 0 aliphatic carbocycles. The topological polar surface area (TPSA) is 112 Å². The quantitative estimate of drug-likeness (QED) is 0.868. The summed E-state index contributed by atoms with van der Waals surface area (Å²) in [5.41, 5.74) is 10.4. The number of carbonyl (C=O) groups excluding carboxylic acids is 2. The number of halogens is 1. The van der Waals surface area contributed by atoms with Crippen molar-refractivity contribution in [3.8, 4) is 11.5 Å². The zero-order chi connectivity index (χ0) is 13.3. The van der Waals surface area contributed by atoms with Crippen molar-refractivity contribution in [2.75, 3.05) is 0 Å². The molecular formula is C11H8ClN3O3. The summed E-state index contributed by atoms with van der Waals surface area (Å²) in [7, 11) is 0. The molecular weight excluding hydrogens is 258 g/mol. The number of primary amides is 2. The molecule has 0 saturated heterocycles. The van der Waals surface area contributed by atoms with Crippen molar-refractivity contribution in [1.82, 2.24) is 4.98 Å². The number of rotatable bonds is 3. The fraction of sp³-hybridized carbons (Fsp3) is 0. The van der Waals surface area contributed by atoms with Crippen LogP contribution in [-0.4, -0.2) is 16.8 Å². The fourth-order valence-corrected chi connectivity index (χ4v) is 1.50. The Kier molecular flexibility index (Phi) is 3.03. The summed E-state index contributed by atoms with van der Waals surface area (Å²) in [4.78, 5) is 26.0. The molecule has 0 aliphatic rings. The Morgan fingerprint density at radius 1 is 1.11 bits per heavy atom. The van der Waals surface area contributed by atoms with Crippen molar-refractivity contribution in [3.05, 3.63) is 40.7 Å². The van der Waals surface area contributed by atoms with Gasteiger partial charge >= 0.3 is 0 Å². The Morgan fingerprint density at radius 2 is 1.72 bits per heavy atom. The average Bonchev–Trinajstić information content (AvgIpc) is 2.75. The fourth-order valence-electron chi connectivity index (χ4n) is 1.37. The van der Waals surface area contributed by atoms with E-state index in [0.29, 0.717) is 10.6 Å². The molecule has 18 heavy (non-hydrogen) atoms. The van der Waals surface area contributed by atoms with Crippen LogP contribution in [0.1, 0.15) is 21.0 Å². The maximum absolute atomic E-state index is 11.1. The van der Waals surface area contributed by atoms with Crippen molar-refractivity contribution in [2.24, 2.45) is 11.5 Å². The molecule has 0 atom stereocenters.